The molecular weight excluding hydrogens is 617 g/mol. The molecule has 1 unspecified atom stereocenters. The highest BCUT2D eigenvalue weighted by Gasteiger charge is 2.22. The van der Waals surface area contributed by atoms with Crippen LogP contribution >= 0.6 is 0 Å². The first-order valence-corrected chi connectivity index (χ1v) is 14.7. The third-order valence-electron chi connectivity index (χ3n) is 6.39. The Hall–Kier alpha value is -5.60. The number of aromatic nitrogens is 4. The Morgan fingerprint density at radius 1 is 0.936 bits per heavy atom. The monoisotopic (exact) mass is 651 g/mol. The van der Waals surface area contributed by atoms with E-state index in [4.69, 9.17) is 18.5 Å². The Kier molecular flexibility index (Phi) is 11.7. The number of amides is 1. The Morgan fingerprint density at radius 3 is 2.23 bits per heavy atom. The van der Waals surface area contributed by atoms with Gasteiger partial charge < -0.3 is 33.3 Å². The van der Waals surface area contributed by atoms with Gasteiger partial charge in [0.2, 0.25) is 17.5 Å². The number of halogens is 1. The van der Waals surface area contributed by atoms with Crippen molar-refractivity contribution in [3.63, 3.8) is 0 Å². The molecule has 0 aliphatic heterocycles. The number of hydrogen-bond donors (Lipinski definition) is 1. The van der Waals surface area contributed by atoms with Gasteiger partial charge in [0.1, 0.15) is 24.8 Å². The molecule has 0 saturated carbocycles. The molecule has 2 aromatic carbocycles. The molecule has 1 N–H and O–H groups in total. The van der Waals surface area contributed by atoms with E-state index < -0.39 is 42.6 Å². The summed E-state index contributed by atoms with van der Waals surface area (Å²) in [6.07, 6.45) is 0.205. The second-order valence-electron chi connectivity index (χ2n) is 10.5. The van der Waals surface area contributed by atoms with Crippen molar-refractivity contribution in [2.75, 3.05) is 19.8 Å². The average Bonchev–Trinajstić information content (AvgIpc) is 3.76. The maximum atomic E-state index is 15.0. The summed E-state index contributed by atoms with van der Waals surface area (Å²) in [6.45, 7) is 9.76. The molecule has 0 spiro atoms. The minimum Gasteiger partial charge on any atom is -0.481 e. The predicted octanol–water partition coefficient (Wildman–Crippen LogP) is 5.58. The highest BCUT2D eigenvalue weighted by atomic mass is 19.1. The van der Waals surface area contributed by atoms with Crippen molar-refractivity contribution in [2.24, 2.45) is 0 Å². The molecule has 0 bridgehead atoms. The lowest BCUT2D eigenvalue weighted by Crippen LogP contribution is -2.37. The SMILES string of the molecule is C=CCOC(=O)OCC(=O)OC[C@@H](C)NC(=O)c1ccc(-c2noc(C(CC)Oc3ccc(-c4noc(C(C)C)n4)cc3)n2)cc1F. The minimum absolute atomic E-state index is 0.0699. The normalized spacial score (nSPS) is 12.2. The number of esters is 1. The van der Waals surface area contributed by atoms with Crippen LogP contribution in [-0.4, -0.2) is 64.2 Å². The van der Waals surface area contributed by atoms with Gasteiger partial charge in [0.15, 0.2) is 12.7 Å². The fourth-order valence-electron chi connectivity index (χ4n) is 3.95. The van der Waals surface area contributed by atoms with E-state index in [-0.39, 0.29) is 42.0 Å². The van der Waals surface area contributed by atoms with Crippen LogP contribution < -0.4 is 10.1 Å². The van der Waals surface area contributed by atoms with Crippen LogP contribution in [0.1, 0.15) is 68.3 Å². The van der Waals surface area contributed by atoms with Crippen molar-refractivity contribution in [3.05, 3.63) is 78.3 Å². The van der Waals surface area contributed by atoms with Crippen molar-refractivity contribution < 1.29 is 46.8 Å². The molecular formula is C32H34FN5O9. The topological polar surface area (TPSA) is 178 Å². The fourth-order valence-corrected chi connectivity index (χ4v) is 3.95. The summed E-state index contributed by atoms with van der Waals surface area (Å²) in [6, 6.07) is 10.3. The molecule has 0 aliphatic rings. The lowest BCUT2D eigenvalue weighted by atomic mass is 10.1. The van der Waals surface area contributed by atoms with Gasteiger partial charge in [-0.05, 0) is 49.7 Å². The third-order valence-corrected chi connectivity index (χ3v) is 6.39. The quantitative estimate of drug-likeness (QED) is 0.125. The standard InChI is InChI=1S/C32H34FN5O9/c1-6-14-42-32(41)44-17-26(39)43-16-19(5)34-29(40)23-13-10-21(15-24(23)33)28-36-31(47-38-28)25(7-2)45-22-11-8-20(9-12-22)27-35-30(18(3)4)46-37-27/h6,8-13,15,18-19,25H,1,7,14,16-17H2,2-5H3,(H,34,40)/t19-,25?/m1/s1. The molecule has 0 radical (unpaired) electrons. The number of carbonyl (C=O) groups is 3. The third kappa shape index (κ3) is 9.45. The molecule has 248 valence electrons. The highest BCUT2D eigenvalue weighted by Crippen LogP contribution is 2.28. The number of benzene rings is 2. The second-order valence-corrected chi connectivity index (χ2v) is 10.5. The van der Waals surface area contributed by atoms with E-state index in [1.807, 2.05) is 32.9 Å². The molecule has 2 aromatic heterocycles. The van der Waals surface area contributed by atoms with Gasteiger partial charge >= 0.3 is 12.1 Å². The molecule has 0 fully saturated rings. The van der Waals surface area contributed by atoms with Crippen molar-refractivity contribution in [3.8, 4) is 28.5 Å². The van der Waals surface area contributed by atoms with Crippen LogP contribution in [0.2, 0.25) is 0 Å². The molecule has 4 aromatic rings. The van der Waals surface area contributed by atoms with Crippen LogP contribution in [0, 0.1) is 5.82 Å². The molecule has 1 amide bonds. The van der Waals surface area contributed by atoms with Crippen LogP contribution in [0.15, 0.2) is 64.2 Å². The largest absolute Gasteiger partial charge is 0.509 e. The van der Waals surface area contributed by atoms with Gasteiger partial charge in [-0.25, -0.2) is 14.0 Å². The molecule has 2 atom stereocenters. The summed E-state index contributed by atoms with van der Waals surface area (Å²) in [5, 5.41) is 10.5. The molecule has 15 heteroatoms. The molecule has 0 saturated heterocycles. The van der Waals surface area contributed by atoms with Crippen molar-refractivity contribution in [1.82, 2.24) is 25.6 Å². The molecule has 14 nitrogen and oxygen atoms in total. The zero-order valence-corrected chi connectivity index (χ0v) is 26.2. The van der Waals surface area contributed by atoms with E-state index in [0.29, 0.717) is 23.9 Å². The zero-order chi connectivity index (χ0) is 33.9. The van der Waals surface area contributed by atoms with Gasteiger partial charge in [-0.15, -0.1) is 0 Å². The molecule has 4 rings (SSSR count). The number of carbonyl (C=O) groups excluding carboxylic acids is 3. The van der Waals surface area contributed by atoms with E-state index in [1.165, 1.54) is 18.2 Å². The summed E-state index contributed by atoms with van der Waals surface area (Å²) in [4.78, 5) is 44.4. The van der Waals surface area contributed by atoms with Gasteiger partial charge in [0.05, 0.1) is 11.6 Å². The molecule has 47 heavy (non-hydrogen) atoms. The smallest absolute Gasteiger partial charge is 0.481 e. The predicted molar refractivity (Wildman–Crippen MR) is 163 cm³/mol. The summed E-state index contributed by atoms with van der Waals surface area (Å²) in [7, 11) is 0. The van der Waals surface area contributed by atoms with Crippen LogP contribution in [0.5, 0.6) is 5.75 Å². The highest BCUT2D eigenvalue weighted by molar-refractivity contribution is 5.95. The van der Waals surface area contributed by atoms with Crippen molar-refractivity contribution >= 4 is 18.0 Å². The Morgan fingerprint density at radius 2 is 1.60 bits per heavy atom. The van der Waals surface area contributed by atoms with Crippen LogP contribution in [0.25, 0.3) is 22.8 Å². The van der Waals surface area contributed by atoms with Gasteiger partial charge in [-0.3, -0.25) is 4.79 Å². The Balaban J connectivity index is 1.31. The van der Waals surface area contributed by atoms with Crippen LogP contribution in [0.4, 0.5) is 9.18 Å². The molecule has 2 heterocycles. The number of nitrogens with zero attached hydrogens (tertiary/aromatic N) is 4. The Labute approximate surface area is 269 Å². The maximum absolute atomic E-state index is 15.0. The van der Waals surface area contributed by atoms with E-state index in [2.05, 4.69) is 41.7 Å². The number of nitrogens with one attached hydrogen (secondary N) is 1. The van der Waals surface area contributed by atoms with Gasteiger partial charge in [-0.2, -0.15) is 9.97 Å². The summed E-state index contributed by atoms with van der Waals surface area (Å²) < 4.78 is 45.9. The lowest BCUT2D eigenvalue weighted by Gasteiger charge is -2.15. The van der Waals surface area contributed by atoms with Crippen molar-refractivity contribution in [1.29, 1.82) is 0 Å². The first-order valence-electron chi connectivity index (χ1n) is 14.7. The van der Waals surface area contributed by atoms with E-state index in [0.717, 1.165) is 11.6 Å². The van der Waals surface area contributed by atoms with Crippen LogP contribution in [0.3, 0.4) is 0 Å². The van der Waals surface area contributed by atoms with E-state index in [1.54, 1.807) is 19.1 Å². The van der Waals surface area contributed by atoms with Gasteiger partial charge in [0, 0.05) is 17.0 Å². The summed E-state index contributed by atoms with van der Waals surface area (Å²) in [5.74, 6) is -0.417. The average molecular weight is 652 g/mol. The second kappa shape index (κ2) is 16.1. The first-order chi connectivity index (χ1) is 22.6. The number of rotatable bonds is 15. The zero-order valence-electron chi connectivity index (χ0n) is 26.2. The van der Waals surface area contributed by atoms with Crippen LogP contribution in [-0.2, 0) is 19.0 Å². The Bertz CT molecular complexity index is 1690. The summed E-state index contributed by atoms with van der Waals surface area (Å²) >= 11 is 0. The number of hydrogen-bond acceptors (Lipinski definition) is 13. The first kappa shape index (κ1) is 34.3. The number of ether oxygens (including phenoxy) is 4. The van der Waals surface area contributed by atoms with Gasteiger partial charge in [0.25, 0.3) is 11.8 Å². The van der Waals surface area contributed by atoms with E-state index in [9.17, 15) is 18.8 Å². The summed E-state index contributed by atoms with van der Waals surface area (Å²) in [5.41, 5.74) is 0.801. The maximum Gasteiger partial charge on any atom is 0.509 e. The van der Waals surface area contributed by atoms with Crippen molar-refractivity contribution in [2.45, 2.75) is 52.2 Å². The lowest BCUT2D eigenvalue weighted by molar-refractivity contribution is -0.148. The van der Waals surface area contributed by atoms with E-state index >= 15 is 0 Å². The minimum atomic E-state index is -1.05. The fraction of sp³-hybridized carbons (Fsp3) is 0.344. The van der Waals surface area contributed by atoms with Gasteiger partial charge in [-0.1, -0.05) is 49.8 Å². The molecule has 0 aliphatic carbocycles.